The van der Waals surface area contributed by atoms with Crippen molar-refractivity contribution in [1.82, 2.24) is 4.90 Å². The molecule has 1 saturated heterocycles. The Labute approximate surface area is 107 Å². The zero-order valence-electron chi connectivity index (χ0n) is 10.4. The Balaban J connectivity index is 1.79. The van der Waals surface area contributed by atoms with Crippen molar-refractivity contribution >= 4 is 11.6 Å². The van der Waals surface area contributed by atoms with Gasteiger partial charge >= 0.3 is 0 Å². The number of β-amino-alcohol motifs (C(OH)–C–C–N with tert-alkyl or cyclic N) is 1. The molecule has 0 aromatic heterocycles. The summed E-state index contributed by atoms with van der Waals surface area (Å²) in [7, 11) is 0. The molecule has 2 aliphatic rings. The molecule has 0 saturated carbocycles. The maximum atomic E-state index is 12.3. The van der Waals surface area contributed by atoms with Gasteiger partial charge in [-0.25, -0.2) is 0 Å². The van der Waals surface area contributed by atoms with Gasteiger partial charge in [-0.1, -0.05) is 0 Å². The maximum absolute atomic E-state index is 12.3. The minimum atomic E-state index is -0.362. The third-order valence-electron chi connectivity index (χ3n) is 3.75. The number of rotatable bonds is 1. The lowest BCUT2D eigenvalue weighted by molar-refractivity contribution is 0.0473. The first kappa shape index (κ1) is 11.5. The van der Waals surface area contributed by atoms with Gasteiger partial charge in [0.25, 0.3) is 5.91 Å². The summed E-state index contributed by atoms with van der Waals surface area (Å²) in [6.45, 7) is 2.18. The molecule has 1 atom stereocenters. The number of benzene rings is 1. The van der Waals surface area contributed by atoms with E-state index < -0.39 is 0 Å². The minimum absolute atomic E-state index is 0.0449. The first-order chi connectivity index (χ1) is 8.74. The van der Waals surface area contributed by atoms with Gasteiger partial charge in [0.15, 0.2) is 0 Å². The van der Waals surface area contributed by atoms with E-state index in [9.17, 15) is 9.90 Å². The van der Waals surface area contributed by atoms with Gasteiger partial charge < -0.3 is 15.3 Å². The zero-order chi connectivity index (χ0) is 12.5. The average molecular weight is 246 g/mol. The second-order valence-corrected chi connectivity index (χ2v) is 5.10. The normalized spacial score (nSPS) is 22.5. The third kappa shape index (κ3) is 2.08. The lowest BCUT2D eigenvalue weighted by Gasteiger charge is -2.30. The van der Waals surface area contributed by atoms with Crippen LogP contribution < -0.4 is 5.32 Å². The fourth-order valence-corrected chi connectivity index (χ4v) is 2.76. The summed E-state index contributed by atoms with van der Waals surface area (Å²) in [5.41, 5.74) is 3.11. The molecule has 1 aromatic rings. The number of anilines is 1. The van der Waals surface area contributed by atoms with Gasteiger partial charge in [-0.3, -0.25) is 4.79 Å². The average Bonchev–Trinajstić information content (AvgIpc) is 2.85. The number of carbonyl (C=O) groups excluding carboxylic acids is 1. The molecule has 1 amide bonds. The van der Waals surface area contributed by atoms with Crippen LogP contribution in [0.3, 0.4) is 0 Å². The fraction of sp³-hybridized carbons (Fsp3) is 0.500. The summed E-state index contributed by atoms with van der Waals surface area (Å²) in [6.07, 6.45) is 2.31. The predicted molar refractivity (Wildman–Crippen MR) is 69.8 cm³/mol. The molecular weight excluding hydrogens is 228 g/mol. The van der Waals surface area contributed by atoms with E-state index >= 15 is 0 Å². The molecule has 2 heterocycles. The number of aliphatic hydroxyl groups is 1. The number of nitrogens with zero attached hydrogens (tertiary/aromatic N) is 1. The van der Waals surface area contributed by atoms with Crippen LogP contribution in [-0.2, 0) is 6.42 Å². The van der Waals surface area contributed by atoms with E-state index in [1.807, 2.05) is 18.2 Å². The topological polar surface area (TPSA) is 52.6 Å². The number of amides is 1. The molecule has 3 rings (SSSR count). The van der Waals surface area contributed by atoms with Crippen LogP contribution in [0.2, 0.25) is 0 Å². The molecular formula is C14H18N2O2. The quantitative estimate of drug-likeness (QED) is 0.784. The van der Waals surface area contributed by atoms with Crippen molar-refractivity contribution in [2.45, 2.75) is 25.4 Å². The van der Waals surface area contributed by atoms with Crippen LogP contribution in [0.5, 0.6) is 0 Å². The molecule has 4 heteroatoms. The molecule has 4 nitrogen and oxygen atoms in total. The largest absolute Gasteiger partial charge is 0.391 e. The molecule has 2 aliphatic heterocycles. The van der Waals surface area contributed by atoms with Crippen LogP contribution in [0.1, 0.15) is 28.8 Å². The van der Waals surface area contributed by atoms with E-state index in [0.29, 0.717) is 6.54 Å². The van der Waals surface area contributed by atoms with Gasteiger partial charge in [-0.2, -0.15) is 0 Å². The van der Waals surface area contributed by atoms with Gasteiger partial charge in [-0.05, 0) is 43.0 Å². The van der Waals surface area contributed by atoms with Crippen LogP contribution in [-0.4, -0.2) is 41.7 Å². The lowest BCUT2D eigenvalue weighted by Crippen LogP contribution is -2.42. The highest BCUT2D eigenvalue weighted by molar-refractivity contribution is 5.95. The van der Waals surface area contributed by atoms with Crippen LogP contribution in [0.4, 0.5) is 5.69 Å². The molecule has 2 N–H and O–H groups in total. The van der Waals surface area contributed by atoms with Crippen molar-refractivity contribution in [3.63, 3.8) is 0 Å². The Bertz CT molecular complexity index is 473. The molecule has 0 aliphatic carbocycles. The summed E-state index contributed by atoms with van der Waals surface area (Å²) in [5.74, 6) is 0.0449. The van der Waals surface area contributed by atoms with Crippen LogP contribution in [0, 0.1) is 0 Å². The van der Waals surface area contributed by atoms with E-state index in [4.69, 9.17) is 0 Å². The number of piperidine rings is 1. The van der Waals surface area contributed by atoms with Crippen molar-refractivity contribution in [2.75, 3.05) is 25.0 Å². The van der Waals surface area contributed by atoms with E-state index in [2.05, 4.69) is 5.32 Å². The van der Waals surface area contributed by atoms with Crippen molar-refractivity contribution in [2.24, 2.45) is 0 Å². The Hall–Kier alpha value is -1.55. The van der Waals surface area contributed by atoms with Crippen LogP contribution >= 0.6 is 0 Å². The van der Waals surface area contributed by atoms with E-state index in [0.717, 1.165) is 43.6 Å². The smallest absolute Gasteiger partial charge is 0.253 e. The summed E-state index contributed by atoms with van der Waals surface area (Å²) >= 11 is 0. The monoisotopic (exact) mass is 246 g/mol. The number of carbonyl (C=O) groups is 1. The highest BCUT2D eigenvalue weighted by Crippen LogP contribution is 2.24. The van der Waals surface area contributed by atoms with Crippen molar-refractivity contribution in [3.05, 3.63) is 29.3 Å². The molecule has 96 valence electrons. The minimum Gasteiger partial charge on any atom is -0.391 e. The summed E-state index contributed by atoms with van der Waals surface area (Å²) in [4.78, 5) is 14.1. The molecule has 0 radical (unpaired) electrons. The van der Waals surface area contributed by atoms with Crippen molar-refractivity contribution in [3.8, 4) is 0 Å². The van der Waals surface area contributed by atoms with E-state index in [1.165, 1.54) is 5.56 Å². The standard InChI is InChI=1S/C14H18N2O2/c17-12-2-1-7-16(9-12)14(18)11-3-4-13-10(8-11)5-6-15-13/h3-4,8,12,15,17H,1-2,5-7,9H2/t12-/m0/s1. The number of fused-ring (bicyclic) bond motifs is 1. The van der Waals surface area contributed by atoms with Gasteiger partial charge in [0.2, 0.25) is 0 Å². The zero-order valence-corrected chi connectivity index (χ0v) is 10.4. The molecule has 0 unspecified atom stereocenters. The number of nitrogens with one attached hydrogen (secondary N) is 1. The third-order valence-corrected chi connectivity index (χ3v) is 3.75. The summed E-state index contributed by atoms with van der Waals surface area (Å²) in [5, 5.41) is 12.9. The summed E-state index contributed by atoms with van der Waals surface area (Å²) in [6, 6.07) is 5.84. The Morgan fingerprint density at radius 1 is 1.44 bits per heavy atom. The van der Waals surface area contributed by atoms with Crippen LogP contribution in [0.25, 0.3) is 0 Å². The molecule has 0 spiro atoms. The highest BCUT2D eigenvalue weighted by atomic mass is 16.3. The van der Waals surface area contributed by atoms with E-state index in [1.54, 1.807) is 4.90 Å². The number of likely N-dealkylation sites (tertiary alicyclic amines) is 1. The van der Waals surface area contributed by atoms with Gasteiger partial charge in [0, 0.05) is 30.9 Å². The Morgan fingerprint density at radius 3 is 3.17 bits per heavy atom. The van der Waals surface area contributed by atoms with Crippen LogP contribution in [0.15, 0.2) is 18.2 Å². The first-order valence-corrected chi connectivity index (χ1v) is 6.58. The molecule has 1 fully saturated rings. The maximum Gasteiger partial charge on any atom is 0.253 e. The Morgan fingerprint density at radius 2 is 2.33 bits per heavy atom. The van der Waals surface area contributed by atoms with Gasteiger partial charge in [0.1, 0.15) is 0 Å². The SMILES string of the molecule is O=C(c1ccc2c(c1)CCN2)N1CCC[C@H](O)C1. The number of hydrogen-bond donors (Lipinski definition) is 2. The van der Waals surface area contributed by atoms with Crippen molar-refractivity contribution in [1.29, 1.82) is 0 Å². The first-order valence-electron chi connectivity index (χ1n) is 6.58. The fourth-order valence-electron chi connectivity index (χ4n) is 2.76. The number of aliphatic hydroxyl groups excluding tert-OH is 1. The van der Waals surface area contributed by atoms with E-state index in [-0.39, 0.29) is 12.0 Å². The second kappa shape index (κ2) is 4.61. The molecule has 18 heavy (non-hydrogen) atoms. The predicted octanol–water partition coefficient (Wildman–Crippen LogP) is 1.25. The van der Waals surface area contributed by atoms with Crippen molar-refractivity contribution < 1.29 is 9.90 Å². The lowest BCUT2D eigenvalue weighted by atomic mass is 10.0. The van der Waals surface area contributed by atoms with Gasteiger partial charge in [-0.15, -0.1) is 0 Å². The number of hydrogen-bond acceptors (Lipinski definition) is 3. The van der Waals surface area contributed by atoms with Gasteiger partial charge in [0.05, 0.1) is 6.10 Å². The highest BCUT2D eigenvalue weighted by Gasteiger charge is 2.23. The molecule has 1 aromatic carbocycles. The Kier molecular flexibility index (Phi) is 2.96. The second-order valence-electron chi connectivity index (χ2n) is 5.10. The summed E-state index contributed by atoms with van der Waals surface area (Å²) < 4.78 is 0. The molecule has 0 bridgehead atoms.